The molecule has 0 radical (unpaired) electrons. The van der Waals surface area contributed by atoms with E-state index in [1.807, 2.05) is 0 Å². The Kier molecular flexibility index (Phi) is 1.80. The first-order chi connectivity index (χ1) is 11.9. The fraction of sp³-hybridized carbons (Fsp3) is 0. The molecule has 104 valence electrons. The van der Waals surface area contributed by atoms with Crippen molar-refractivity contribution in [2.75, 3.05) is 0 Å². The van der Waals surface area contributed by atoms with E-state index in [9.17, 15) is 0 Å². The van der Waals surface area contributed by atoms with E-state index in [2.05, 4.69) is 74.3 Å². The van der Waals surface area contributed by atoms with Gasteiger partial charge in [0.25, 0.3) is 0 Å². The van der Waals surface area contributed by atoms with Crippen LogP contribution in [-0.4, -0.2) is 13.6 Å². The van der Waals surface area contributed by atoms with Crippen LogP contribution in [-0.2, 0) is 0 Å². The summed E-state index contributed by atoms with van der Waals surface area (Å²) in [5, 5.41) is 16.7. The molecule has 6 aromatic carbocycles. The van der Waals surface area contributed by atoms with Crippen molar-refractivity contribution < 1.29 is 0 Å². The van der Waals surface area contributed by atoms with Crippen LogP contribution in [0, 0.1) is 0 Å². The Balaban J connectivity index is 2.11. The van der Waals surface area contributed by atoms with E-state index in [1.54, 1.807) is 0 Å². The van der Waals surface area contributed by atoms with Crippen LogP contribution in [0.15, 0.2) is 60.7 Å². The quantitative estimate of drug-likeness (QED) is 0.252. The van der Waals surface area contributed by atoms with E-state index in [0.29, 0.717) is 0 Å². The van der Waals surface area contributed by atoms with Crippen molar-refractivity contribution >= 4 is 78.0 Å². The zero-order valence-corrected chi connectivity index (χ0v) is 12.9. The summed E-state index contributed by atoms with van der Waals surface area (Å²) < 4.78 is 0. The third-order valence-electron chi connectivity index (χ3n) is 5.89. The molecular formula is C22H10B2. The Bertz CT molecular complexity index is 1150. The molecule has 0 atom stereocenters. The number of hydrogen-bond acceptors (Lipinski definition) is 0. The number of hydrogen-bond donors (Lipinski definition) is 0. The summed E-state index contributed by atoms with van der Waals surface area (Å²) in [4.78, 5) is 0. The van der Waals surface area contributed by atoms with Crippen LogP contribution in [0.4, 0.5) is 0 Å². The molecule has 0 aliphatic carbocycles. The first-order valence-electron chi connectivity index (χ1n) is 8.46. The maximum absolute atomic E-state index is 2.27. The fourth-order valence-electron chi connectivity index (χ4n) is 4.89. The molecule has 1 aromatic heterocycles. The van der Waals surface area contributed by atoms with Gasteiger partial charge in [-0.3, -0.25) is 0 Å². The van der Waals surface area contributed by atoms with E-state index in [1.165, 1.54) is 64.4 Å². The summed E-state index contributed by atoms with van der Waals surface area (Å²) in [7, 11) is 0. The van der Waals surface area contributed by atoms with Crippen molar-refractivity contribution in [2.45, 2.75) is 0 Å². The molecule has 0 saturated carbocycles. The van der Waals surface area contributed by atoms with Crippen molar-refractivity contribution in [3.05, 3.63) is 60.7 Å². The van der Waals surface area contributed by atoms with Crippen molar-refractivity contribution in [1.29, 1.82) is 0 Å². The Morgan fingerprint density at radius 3 is 1.00 bits per heavy atom. The summed E-state index contributed by atoms with van der Waals surface area (Å²) >= 11 is 0. The minimum absolute atomic E-state index is 1.35. The second-order valence-electron chi connectivity index (χ2n) is 6.98. The zero-order chi connectivity index (χ0) is 15.4. The molecule has 0 fully saturated rings. The molecule has 7 aromatic rings. The molecule has 24 heavy (non-hydrogen) atoms. The third kappa shape index (κ3) is 1.14. The predicted octanol–water partition coefficient (Wildman–Crippen LogP) is 5.60. The monoisotopic (exact) mass is 296 g/mol. The Hall–Kier alpha value is -2.73. The van der Waals surface area contributed by atoms with Gasteiger partial charge in [-0.1, -0.05) is 0 Å². The molecule has 0 spiro atoms. The van der Waals surface area contributed by atoms with E-state index in [-0.39, 0.29) is 0 Å². The topological polar surface area (TPSA) is 0 Å². The summed E-state index contributed by atoms with van der Waals surface area (Å²) in [6.07, 6.45) is 0. The van der Waals surface area contributed by atoms with Crippen molar-refractivity contribution in [2.24, 2.45) is 0 Å². The van der Waals surface area contributed by atoms with Gasteiger partial charge in [-0.05, 0) is 0 Å². The molecule has 2 heteroatoms. The van der Waals surface area contributed by atoms with E-state index < -0.39 is 0 Å². The average Bonchev–Trinajstić information content (AvgIpc) is 2.65. The Morgan fingerprint density at radius 1 is 0.333 bits per heavy atom. The van der Waals surface area contributed by atoms with Gasteiger partial charge in [0.15, 0.2) is 0 Å². The van der Waals surface area contributed by atoms with Gasteiger partial charge in [-0.2, -0.15) is 0 Å². The molecule has 7 rings (SSSR count). The van der Waals surface area contributed by atoms with Crippen molar-refractivity contribution in [3.63, 3.8) is 0 Å². The summed E-state index contributed by atoms with van der Waals surface area (Å²) in [5.41, 5.74) is 0. The number of rotatable bonds is 0. The number of benzene rings is 6. The van der Waals surface area contributed by atoms with Gasteiger partial charge in [0.2, 0.25) is 0 Å². The van der Waals surface area contributed by atoms with Gasteiger partial charge < -0.3 is 0 Å². The van der Waals surface area contributed by atoms with Crippen LogP contribution >= 0.6 is 0 Å². The van der Waals surface area contributed by atoms with Gasteiger partial charge in [-0.15, -0.1) is 0 Å². The van der Waals surface area contributed by atoms with Crippen LogP contribution in [0.1, 0.15) is 0 Å². The molecule has 0 saturated heterocycles. The average molecular weight is 296 g/mol. The molecule has 1 heterocycles. The van der Waals surface area contributed by atoms with Gasteiger partial charge in [0.05, 0.1) is 0 Å². The van der Waals surface area contributed by atoms with Crippen LogP contribution in [0.25, 0.3) is 64.4 Å². The van der Waals surface area contributed by atoms with Crippen molar-refractivity contribution in [3.8, 4) is 0 Å². The molecule has 0 aliphatic rings. The van der Waals surface area contributed by atoms with E-state index >= 15 is 0 Å². The molecule has 0 nitrogen and oxygen atoms in total. The van der Waals surface area contributed by atoms with Gasteiger partial charge in [0, 0.05) is 0 Å². The van der Waals surface area contributed by atoms with Crippen molar-refractivity contribution in [1.82, 2.24) is 0 Å². The summed E-state index contributed by atoms with van der Waals surface area (Å²) in [6.45, 7) is 4.55. The summed E-state index contributed by atoms with van der Waals surface area (Å²) in [5.74, 6) is 0. The van der Waals surface area contributed by atoms with Crippen LogP contribution in [0.3, 0.4) is 0 Å². The van der Waals surface area contributed by atoms with Gasteiger partial charge in [-0.25, -0.2) is 0 Å². The normalized spacial score (nSPS) is 12.7. The Morgan fingerprint density at radius 2 is 0.625 bits per heavy atom. The molecule has 0 N–H and O–H groups in total. The predicted molar refractivity (Wildman–Crippen MR) is 108 cm³/mol. The van der Waals surface area contributed by atoms with Gasteiger partial charge >= 0.3 is 139 Å². The molecule has 0 unspecified atom stereocenters. The standard InChI is InChI=1S/C22H10B2/c1-2-12-4-6-14-8-10-16-22-20(14)18(12)17-11(1)3-5-13-7-9-15(23-24-16)21(22)19(13)17/h1-10H. The SMILES string of the molecule is b1bc2ccc3ccc4ccc5ccc6ccc1c1c2c3c4c5c61. The minimum atomic E-state index is 1.35. The fourth-order valence-corrected chi connectivity index (χ4v) is 4.89. The first kappa shape index (κ1) is 11.8. The van der Waals surface area contributed by atoms with E-state index in [4.69, 9.17) is 0 Å². The molecule has 0 amide bonds. The third-order valence-corrected chi connectivity index (χ3v) is 5.89. The van der Waals surface area contributed by atoms with Crippen LogP contribution < -0.4 is 0 Å². The molecule has 0 aliphatic heterocycles. The molecular weight excluding hydrogens is 286 g/mol. The van der Waals surface area contributed by atoms with Crippen LogP contribution in [0.5, 0.6) is 0 Å². The zero-order valence-electron chi connectivity index (χ0n) is 12.9. The Labute approximate surface area is 139 Å². The summed E-state index contributed by atoms with van der Waals surface area (Å²) in [6, 6.07) is 22.7. The second kappa shape index (κ2) is 3.67. The second-order valence-corrected chi connectivity index (χ2v) is 6.98. The van der Waals surface area contributed by atoms with Gasteiger partial charge in [0.1, 0.15) is 0 Å². The molecule has 0 bridgehead atoms. The van der Waals surface area contributed by atoms with E-state index in [0.717, 1.165) is 0 Å². The maximum atomic E-state index is 2.27. The first-order valence-corrected chi connectivity index (χ1v) is 8.46. The van der Waals surface area contributed by atoms with Crippen LogP contribution in [0.2, 0.25) is 0 Å².